The minimum atomic E-state index is -0.615. The van der Waals surface area contributed by atoms with E-state index in [-0.39, 0.29) is 21.8 Å². The van der Waals surface area contributed by atoms with Gasteiger partial charge in [0.15, 0.2) is 0 Å². The Morgan fingerprint density at radius 3 is 2.67 bits per heavy atom. The Morgan fingerprint density at radius 1 is 1.52 bits per heavy atom. The van der Waals surface area contributed by atoms with E-state index in [0.29, 0.717) is 6.54 Å². The van der Waals surface area contributed by atoms with Gasteiger partial charge in [0.25, 0.3) is 11.6 Å². The molecule has 0 aliphatic heterocycles. The molecule has 0 saturated heterocycles. The number of rotatable bonds is 6. The van der Waals surface area contributed by atoms with E-state index in [1.165, 1.54) is 0 Å². The molecule has 0 unspecified atom stereocenters. The average molecular weight is 315 g/mol. The molecule has 0 aromatic carbocycles. The van der Waals surface area contributed by atoms with Gasteiger partial charge in [-0.15, -0.1) is 0 Å². The number of nitrogens with one attached hydrogen (secondary N) is 1. The molecule has 1 N–H and O–H groups in total. The fourth-order valence-corrected chi connectivity index (χ4v) is 2.21. The molecule has 0 aliphatic carbocycles. The topological polar surface area (TPSA) is 88.4 Å². The van der Waals surface area contributed by atoms with Gasteiger partial charge >= 0.3 is 0 Å². The quantitative estimate of drug-likeness (QED) is 0.492. The molecule has 1 aromatic heterocycles. The molecule has 1 aromatic rings. The molecule has 8 heteroatoms. The number of nitrogens with zero attached hydrogens (tertiary/aromatic N) is 3. The van der Waals surface area contributed by atoms with Gasteiger partial charge < -0.3 is 10.2 Å². The zero-order chi connectivity index (χ0) is 16.2. The molecule has 0 spiro atoms. The van der Waals surface area contributed by atoms with Crippen molar-refractivity contribution in [2.75, 3.05) is 27.2 Å². The first-order valence-corrected chi connectivity index (χ1v) is 6.73. The first-order chi connectivity index (χ1) is 9.62. The van der Waals surface area contributed by atoms with Crippen LogP contribution in [0.5, 0.6) is 0 Å². The van der Waals surface area contributed by atoms with Crippen LogP contribution in [0.2, 0.25) is 5.15 Å². The number of carbonyl (C=O) groups excluding carboxylic acids is 1. The van der Waals surface area contributed by atoms with E-state index in [9.17, 15) is 14.9 Å². The van der Waals surface area contributed by atoms with Crippen LogP contribution in [0.15, 0.2) is 12.3 Å². The van der Waals surface area contributed by atoms with Crippen LogP contribution in [0.1, 0.15) is 24.2 Å². The summed E-state index contributed by atoms with van der Waals surface area (Å²) in [6.45, 7) is 5.23. The van der Waals surface area contributed by atoms with E-state index in [2.05, 4.69) is 10.3 Å². The maximum absolute atomic E-state index is 12.1. The zero-order valence-electron chi connectivity index (χ0n) is 12.5. The Bertz CT molecular complexity index is 546. The molecule has 1 rings (SSSR count). The standard InChI is InChI=1S/C13H19ClN4O3/c1-13(2,8-17(3)4)7-16-12(19)10-5-9(18(20)21)6-15-11(10)14/h5-6H,7-8H2,1-4H3,(H,16,19). The summed E-state index contributed by atoms with van der Waals surface area (Å²) < 4.78 is 0. The van der Waals surface area contributed by atoms with Crippen molar-refractivity contribution in [3.63, 3.8) is 0 Å². The van der Waals surface area contributed by atoms with Gasteiger partial charge in [0.2, 0.25) is 0 Å². The van der Waals surface area contributed by atoms with Gasteiger partial charge in [-0.2, -0.15) is 0 Å². The van der Waals surface area contributed by atoms with E-state index < -0.39 is 10.8 Å². The van der Waals surface area contributed by atoms with Gasteiger partial charge in [0.05, 0.1) is 10.5 Å². The second-order valence-corrected chi connectivity index (χ2v) is 6.23. The molecule has 116 valence electrons. The molecule has 1 amide bonds. The lowest BCUT2D eigenvalue weighted by molar-refractivity contribution is -0.385. The number of hydrogen-bond acceptors (Lipinski definition) is 5. The fraction of sp³-hybridized carbons (Fsp3) is 0.538. The molecule has 0 bridgehead atoms. The Kier molecular flexibility index (Phi) is 5.62. The molecular formula is C13H19ClN4O3. The van der Waals surface area contributed by atoms with Crippen LogP contribution in [0.3, 0.4) is 0 Å². The molecule has 0 saturated carbocycles. The lowest BCUT2D eigenvalue weighted by Crippen LogP contribution is -2.40. The summed E-state index contributed by atoms with van der Waals surface area (Å²) in [5.41, 5.74) is -0.400. The van der Waals surface area contributed by atoms with E-state index >= 15 is 0 Å². The van der Waals surface area contributed by atoms with E-state index in [0.717, 1.165) is 18.8 Å². The highest BCUT2D eigenvalue weighted by molar-refractivity contribution is 6.32. The third kappa shape index (κ3) is 5.28. The van der Waals surface area contributed by atoms with Crippen molar-refractivity contribution in [2.45, 2.75) is 13.8 Å². The Hall–Kier alpha value is -1.73. The maximum atomic E-state index is 12.1. The van der Waals surface area contributed by atoms with Gasteiger partial charge in [0, 0.05) is 19.2 Å². The van der Waals surface area contributed by atoms with Crippen LogP contribution >= 0.6 is 11.6 Å². The molecule has 7 nitrogen and oxygen atoms in total. The Balaban J connectivity index is 2.80. The highest BCUT2D eigenvalue weighted by Gasteiger charge is 2.22. The zero-order valence-corrected chi connectivity index (χ0v) is 13.3. The minimum absolute atomic E-state index is 0.00604. The molecule has 0 aliphatic rings. The van der Waals surface area contributed by atoms with Crippen LogP contribution in [-0.2, 0) is 0 Å². The summed E-state index contributed by atoms with van der Waals surface area (Å²) in [5, 5.41) is 13.4. The van der Waals surface area contributed by atoms with Crippen molar-refractivity contribution in [2.24, 2.45) is 5.41 Å². The van der Waals surface area contributed by atoms with Gasteiger partial charge in [-0.3, -0.25) is 14.9 Å². The van der Waals surface area contributed by atoms with Crippen LogP contribution in [0.4, 0.5) is 5.69 Å². The molecule has 0 fully saturated rings. The largest absolute Gasteiger partial charge is 0.351 e. The number of carbonyl (C=O) groups is 1. The second kappa shape index (κ2) is 6.82. The highest BCUT2D eigenvalue weighted by Crippen LogP contribution is 2.20. The summed E-state index contributed by atoms with van der Waals surface area (Å²) in [4.78, 5) is 27.9. The summed E-state index contributed by atoms with van der Waals surface area (Å²) in [6, 6.07) is 1.13. The van der Waals surface area contributed by atoms with Crippen LogP contribution in [0, 0.1) is 15.5 Å². The fourth-order valence-electron chi connectivity index (χ4n) is 2.02. The number of pyridine rings is 1. The van der Waals surface area contributed by atoms with Crippen molar-refractivity contribution >= 4 is 23.2 Å². The monoisotopic (exact) mass is 314 g/mol. The van der Waals surface area contributed by atoms with Crippen molar-refractivity contribution in [3.05, 3.63) is 33.1 Å². The van der Waals surface area contributed by atoms with Crippen LogP contribution < -0.4 is 5.32 Å². The second-order valence-electron chi connectivity index (χ2n) is 5.87. The average Bonchev–Trinajstić information content (AvgIpc) is 2.34. The van der Waals surface area contributed by atoms with Crippen molar-refractivity contribution in [1.29, 1.82) is 0 Å². The lowest BCUT2D eigenvalue weighted by atomic mass is 9.93. The van der Waals surface area contributed by atoms with E-state index in [4.69, 9.17) is 11.6 Å². The third-order valence-electron chi connectivity index (χ3n) is 2.75. The van der Waals surface area contributed by atoms with Crippen molar-refractivity contribution in [1.82, 2.24) is 15.2 Å². The predicted molar refractivity (Wildman–Crippen MR) is 80.6 cm³/mol. The number of halogens is 1. The van der Waals surface area contributed by atoms with Crippen LogP contribution in [-0.4, -0.2) is 47.9 Å². The molecule has 0 atom stereocenters. The van der Waals surface area contributed by atoms with Gasteiger partial charge in [-0.25, -0.2) is 4.98 Å². The number of hydrogen-bond donors (Lipinski definition) is 1. The SMILES string of the molecule is CN(C)CC(C)(C)CNC(=O)c1cc([N+](=O)[O-])cnc1Cl. The van der Waals surface area contributed by atoms with E-state index in [1.54, 1.807) is 0 Å². The molecule has 21 heavy (non-hydrogen) atoms. The summed E-state index contributed by atoms with van der Waals surface area (Å²) >= 11 is 5.83. The van der Waals surface area contributed by atoms with Gasteiger partial charge in [0.1, 0.15) is 11.3 Å². The maximum Gasteiger partial charge on any atom is 0.288 e. The van der Waals surface area contributed by atoms with Crippen molar-refractivity contribution < 1.29 is 9.72 Å². The Morgan fingerprint density at radius 2 is 2.14 bits per heavy atom. The first kappa shape index (κ1) is 17.3. The van der Waals surface area contributed by atoms with Gasteiger partial charge in [-0.1, -0.05) is 25.4 Å². The van der Waals surface area contributed by atoms with Crippen molar-refractivity contribution in [3.8, 4) is 0 Å². The van der Waals surface area contributed by atoms with E-state index in [1.807, 2.05) is 32.8 Å². The van der Waals surface area contributed by atoms with Crippen LogP contribution in [0.25, 0.3) is 0 Å². The highest BCUT2D eigenvalue weighted by atomic mass is 35.5. The molecule has 1 heterocycles. The van der Waals surface area contributed by atoms with Gasteiger partial charge in [-0.05, 0) is 19.5 Å². The Labute approximate surface area is 128 Å². The molecule has 0 radical (unpaired) electrons. The number of aromatic nitrogens is 1. The summed E-state index contributed by atoms with van der Waals surface area (Å²) in [6.07, 6.45) is 1.02. The number of nitro groups is 1. The normalized spacial score (nSPS) is 11.5. The number of amides is 1. The molecular weight excluding hydrogens is 296 g/mol. The summed E-state index contributed by atoms with van der Waals surface area (Å²) in [5.74, 6) is -0.469. The minimum Gasteiger partial charge on any atom is -0.351 e. The predicted octanol–water partition coefficient (Wildman–Crippen LogP) is 1.96. The lowest BCUT2D eigenvalue weighted by Gasteiger charge is -2.28. The summed E-state index contributed by atoms with van der Waals surface area (Å²) in [7, 11) is 3.90. The smallest absolute Gasteiger partial charge is 0.288 e. The first-order valence-electron chi connectivity index (χ1n) is 6.35. The third-order valence-corrected chi connectivity index (χ3v) is 3.05.